The second-order valence-corrected chi connectivity index (χ2v) is 4.78. The molecule has 0 radical (unpaired) electrons. The highest BCUT2D eigenvalue weighted by Gasteiger charge is 2.43. The zero-order valence-corrected chi connectivity index (χ0v) is 11.0. The van der Waals surface area contributed by atoms with Crippen LogP contribution in [0.5, 0.6) is 0 Å². The number of aliphatic hydroxyl groups excluding tert-OH is 4. The molecular formula is C13H17NO7. The van der Waals surface area contributed by atoms with Gasteiger partial charge < -0.3 is 35.6 Å². The monoisotopic (exact) mass is 299 g/mol. The van der Waals surface area contributed by atoms with Crippen LogP contribution >= 0.6 is 0 Å². The van der Waals surface area contributed by atoms with E-state index in [1.165, 1.54) is 18.2 Å². The Morgan fingerprint density at radius 2 is 1.90 bits per heavy atom. The van der Waals surface area contributed by atoms with Crippen LogP contribution in [0.1, 0.15) is 10.4 Å². The number of hydrogen-bond acceptors (Lipinski definition) is 7. The summed E-state index contributed by atoms with van der Waals surface area (Å²) >= 11 is 0. The molecule has 0 aromatic heterocycles. The van der Waals surface area contributed by atoms with Crippen molar-refractivity contribution >= 4 is 11.7 Å². The third-order valence-corrected chi connectivity index (χ3v) is 3.31. The molecule has 8 nitrogen and oxygen atoms in total. The Morgan fingerprint density at radius 3 is 2.52 bits per heavy atom. The van der Waals surface area contributed by atoms with Crippen LogP contribution in [0.15, 0.2) is 24.3 Å². The number of ether oxygens (including phenoxy) is 1. The molecule has 8 heteroatoms. The van der Waals surface area contributed by atoms with E-state index in [1.54, 1.807) is 6.07 Å². The van der Waals surface area contributed by atoms with Gasteiger partial charge in [0.2, 0.25) is 0 Å². The molecule has 116 valence electrons. The Labute approximate surface area is 120 Å². The molecule has 1 saturated heterocycles. The second kappa shape index (κ2) is 6.37. The van der Waals surface area contributed by atoms with E-state index in [2.05, 4.69) is 5.32 Å². The molecule has 0 amide bonds. The Kier molecular flexibility index (Phi) is 4.76. The lowest BCUT2D eigenvalue weighted by molar-refractivity contribution is -0.221. The molecule has 1 aliphatic rings. The van der Waals surface area contributed by atoms with Crippen molar-refractivity contribution in [3.8, 4) is 0 Å². The average Bonchev–Trinajstić information content (AvgIpc) is 2.48. The van der Waals surface area contributed by atoms with Gasteiger partial charge in [0.1, 0.15) is 24.4 Å². The predicted molar refractivity (Wildman–Crippen MR) is 70.8 cm³/mol. The standard InChI is InChI=1S/C13H17NO7/c15-5-8-9(16)10(17)11(18)12(21-8)14-7-3-1-2-6(4-7)13(19)20/h1-4,8-12,14-18H,5H2,(H,19,20)/t8-,9-,10-,11-,12+/m0/s1. The summed E-state index contributed by atoms with van der Waals surface area (Å²) in [5.74, 6) is -1.10. The van der Waals surface area contributed by atoms with Gasteiger partial charge in [-0.2, -0.15) is 0 Å². The molecule has 1 fully saturated rings. The van der Waals surface area contributed by atoms with Crippen LogP contribution < -0.4 is 5.32 Å². The average molecular weight is 299 g/mol. The molecular weight excluding hydrogens is 282 g/mol. The molecule has 0 spiro atoms. The van der Waals surface area contributed by atoms with Gasteiger partial charge in [-0.05, 0) is 18.2 Å². The SMILES string of the molecule is O=C(O)c1cccc(N[C@@H]2O[C@@H](CO)[C@H](O)[C@H](O)[C@@H]2O)c1. The Balaban J connectivity index is 2.14. The van der Waals surface area contributed by atoms with E-state index in [1.807, 2.05) is 0 Å². The summed E-state index contributed by atoms with van der Waals surface area (Å²) < 4.78 is 5.27. The van der Waals surface area contributed by atoms with Crippen molar-refractivity contribution in [2.24, 2.45) is 0 Å². The molecule has 2 rings (SSSR count). The van der Waals surface area contributed by atoms with Crippen molar-refractivity contribution in [1.29, 1.82) is 0 Å². The van der Waals surface area contributed by atoms with Gasteiger partial charge in [0, 0.05) is 5.69 Å². The normalized spacial score (nSPS) is 32.7. The summed E-state index contributed by atoms with van der Waals surface area (Å²) in [5.41, 5.74) is 0.406. The molecule has 5 atom stereocenters. The summed E-state index contributed by atoms with van der Waals surface area (Å²) in [7, 11) is 0. The van der Waals surface area contributed by atoms with Crippen LogP contribution in [0.4, 0.5) is 5.69 Å². The molecule has 0 unspecified atom stereocenters. The maximum atomic E-state index is 10.9. The van der Waals surface area contributed by atoms with Crippen molar-refractivity contribution in [2.75, 3.05) is 11.9 Å². The number of rotatable bonds is 4. The number of aliphatic hydroxyl groups is 4. The van der Waals surface area contributed by atoms with Crippen LogP contribution in [0, 0.1) is 0 Å². The van der Waals surface area contributed by atoms with Gasteiger partial charge in [-0.3, -0.25) is 0 Å². The van der Waals surface area contributed by atoms with Gasteiger partial charge in [-0.1, -0.05) is 6.07 Å². The van der Waals surface area contributed by atoms with Gasteiger partial charge in [0.15, 0.2) is 6.23 Å². The molecule has 1 heterocycles. The van der Waals surface area contributed by atoms with Crippen LogP contribution in [0.2, 0.25) is 0 Å². The number of carbonyl (C=O) groups is 1. The molecule has 1 aliphatic heterocycles. The van der Waals surface area contributed by atoms with Gasteiger partial charge in [-0.15, -0.1) is 0 Å². The number of nitrogens with one attached hydrogen (secondary N) is 1. The predicted octanol–water partition coefficient (Wildman–Crippen LogP) is -1.40. The molecule has 1 aromatic rings. The van der Waals surface area contributed by atoms with E-state index < -0.39 is 43.2 Å². The fraction of sp³-hybridized carbons (Fsp3) is 0.462. The van der Waals surface area contributed by atoms with Crippen molar-refractivity contribution in [1.82, 2.24) is 0 Å². The molecule has 21 heavy (non-hydrogen) atoms. The van der Waals surface area contributed by atoms with Crippen LogP contribution in [0.25, 0.3) is 0 Å². The zero-order chi connectivity index (χ0) is 15.6. The number of aromatic carboxylic acids is 1. The van der Waals surface area contributed by atoms with Crippen LogP contribution in [-0.4, -0.2) is 68.8 Å². The fourth-order valence-electron chi connectivity index (χ4n) is 2.13. The molecule has 0 saturated carbocycles. The Morgan fingerprint density at radius 1 is 1.19 bits per heavy atom. The minimum Gasteiger partial charge on any atom is -0.478 e. The van der Waals surface area contributed by atoms with E-state index >= 15 is 0 Å². The van der Waals surface area contributed by atoms with Crippen molar-refractivity contribution < 1.29 is 35.1 Å². The van der Waals surface area contributed by atoms with Gasteiger partial charge in [0.25, 0.3) is 0 Å². The van der Waals surface area contributed by atoms with E-state index in [0.29, 0.717) is 5.69 Å². The van der Waals surface area contributed by atoms with Crippen molar-refractivity contribution in [2.45, 2.75) is 30.6 Å². The van der Waals surface area contributed by atoms with Gasteiger partial charge in [-0.25, -0.2) is 4.79 Å². The van der Waals surface area contributed by atoms with Crippen molar-refractivity contribution in [3.05, 3.63) is 29.8 Å². The van der Waals surface area contributed by atoms with E-state index in [9.17, 15) is 20.1 Å². The first-order valence-corrected chi connectivity index (χ1v) is 6.34. The maximum absolute atomic E-state index is 10.9. The van der Waals surface area contributed by atoms with E-state index in [4.69, 9.17) is 14.9 Å². The van der Waals surface area contributed by atoms with Gasteiger partial charge in [0.05, 0.1) is 12.2 Å². The highest BCUT2D eigenvalue weighted by atomic mass is 16.6. The smallest absolute Gasteiger partial charge is 0.335 e. The number of hydrogen-bond donors (Lipinski definition) is 6. The third kappa shape index (κ3) is 3.31. The topological polar surface area (TPSA) is 139 Å². The largest absolute Gasteiger partial charge is 0.478 e. The van der Waals surface area contributed by atoms with Crippen LogP contribution in [0.3, 0.4) is 0 Å². The summed E-state index contributed by atoms with van der Waals surface area (Å²) in [6.45, 7) is -0.529. The molecule has 1 aromatic carbocycles. The lowest BCUT2D eigenvalue weighted by Gasteiger charge is -2.40. The summed E-state index contributed by atoms with van der Waals surface area (Å²) in [4.78, 5) is 10.9. The van der Waals surface area contributed by atoms with Crippen molar-refractivity contribution in [3.63, 3.8) is 0 Å². The first kappa shape index (κ1) is 15.7. The van der Waals surface area contributed by atoms with Gasteiger partial charge >= 0.3 is 5.97 Å². The highest BCUT2D eigenvalue weighted by molar-refractivity contribution is 5.88. The molecule has 0 aliphatic carbocycles. The highest BCUT2D eigenvalue weighted by Crippen LogP contribution is 2.23. The first-order chi connectivity index (χ1) is 9.93. The van der Waals surface area contributed by atoms with E-state index in [-0.39, 0.29) is 5.56 Å². The number of carboxylic acids is 1. The Hall–Kier alpha value is -1.71. The first-order valence-electron chi connectivity index (χ1n) is 6.34. The lowest BCUT2D eigenvalue weighted by atomic mass is 9.98. The summed E-state index contributed by atoms with van der Waals surface area (Å²) in [6, 6.07) is 5.81. The second-order valence-electron chi connectivity index (χ2n) is 4.78. The third-order valence-electron chi connectivity index (χ3n) is 3.31. The minimum atomic E-state index is -1.49. The fourth-order valence-corrected chi connectivity index (χ4v) is 2.13. The maximum Gasteiger partial charge on any atom is 0.335 e. The van der Waals surface area contributed by atoms with E-state index in [0.717, 1.165) is 0 Å². The number of anilines is 1. The minimum absolute atomic E-state index is 0.0459. The molecule has 0 bridgehead atoms. The summed E-state index contributed by atoms with van der Waals surface area (Å²) in [6.07, 6.45) is -6.48. The van der Waals surface area contributed by atoms with Crippen LogP contribution in [-0.2, 0) is 4.74 Å². The number of benzene rings is 1. The number of carboxylic acid groups (broad SMARTS) is 1. The summed E-state index contributed by atoms with van der Waals surface area (Å²) in [5, 5.41) is 49.9. The lowest BCUT2D eigenvalue weighted by Crippen LogP contribution is -2.60. The quantitative estimate of drug-likeness (QED) is 0.399. The molecule has 6 N–H and O–H groups in total. The Bertz CT molecular complexity index is 507. The zero-order valence-electron chi connectivity index (χ0n) is 11.0.